The van der Waals surface area contributed by atoms with Crippen molar-refractivity contribution < 1.29 is 14.3 Å². The summed E-state index contributed by atoms with van der Waals surface area (Å²) in [6, 6.07) is 8.16. The number of aryl methyl sites for hydroxylation is 1. The Morgan fingerprint density at radius 1 is 1.19 bits per heavy atom. The fourth-order valence-corrected chi connectivity index (χ4v) is 5.89. The number of ketones is 1. The second-order valence-electron chi connectivity index (χ2n) is 6.97. The molecule has 6 heteroatoms. The van der Waals surface area contributed by atoms with Gasteiger partial charge in [-0.3, -0.25) is 4.79 Å². The number of fused-ring (bicyclic) bond motifs is 1. The molecule has 1 N–H and O–H groups in total. The minimum absolute atomic E-state index is 0.0921. The van der Waals surface area contributed by atoms with E-state index in [1.165, 1.54) is 12.0 Å². The average molecular weight is 400 g/mol. The Bertz CT molecular complexity index is 952. The number of carbonyl (C=O) groups excluding carboxylic acids is 2. The molecule has 2 aromatic heterocycles. The van der Waals surface area contributed by atoms with Crippen molar-refractivity contribution in [1.29, 1.82) is 0 Å². The number of rotatable bonds is 3. The SMILES string of the molecule is COC(=O)C1=C(C)NC2=CC(c3cccs3)CC(=O)C2C1c1ccc(C)s1. The molecule has 3 heterocycles. The van der Waals surface area contributed by atoms with E-state index in [1.807, 2.05) is 37.4 Å². The first-order chi connectivity index (χ1) is 13.0. The largest absolute Gasteiger partial charge is 0.466 e. The van der Waals surface area contributed by atoms with E-state index in [-0.39, 0.29) is 29.5 Å². The third-order valence-electron chi connectivity index (χ3n) is 5.25. The number of allylic oxidation sites excluding steroid dienone is 3. The summed E-state index contributed by atoms with van der Waals surface area (Å²) in [7, 11) is 1.39. The Morgan fingerprint density at radius 3 is 2.63 bits per heavy atom. The third kappa shape index (κ3) is 3.17. The lowest BCUT2D eigenvalue weighted by Gasteiger charge is -2.38. The van der Waals surface area contributed by atoms with Crippen LogP contribution in [0.15, 0.2) is 52.7 Å². The van der Waals surface area contributed by atoms with Crippen LogP contribution in [0.4, 0.5) is 0 Å². The van der Waals surface area contributed by atoms with Gasteiger partial charge in [-0.05, 0) is 37.4 Å². The van der Waals surface area contributed by atoms with Gasteiger partial charge in [0, 0.05) is 44.3 Å². The van der Waals surface area contributed by atoms with E-state index in [1.54, 1.807) is 22.7 Å². The number of methoxy groups -OCH3 is 1. The zero-order valence-corrected chi connectivity index (χ0v) is 17.1. The third-order valence-corrected chi connectivity index (χ3v) is 7.33. The van der Waals surface area contributed by atoms with Gasteiger partial charge in [0.1, 0.15) is 5.78 Å². The first-order valence-corrected chi connectivity index (χ1v) is 10.6. The molecule has 0 bridgehead atoms. The lowest BCUT2D eigenvalue weighted by atomic mass is 9.71. The maximum absolute atomic E-state index is 13.2. The molecule has 0 spiro atoms. The molecule has 0 fully saturated rings. The van der Waals surface area contributed by atoms with Gasteiger partial charge in [0.25, 0.3) is 0 Å². The lowest BCUT2D eigenvalue weighted by molar-refractivity contribution is -0.136. The topological polar surface area (TPSA) is 55.4 Å². The van der Waals surface area contributed by atoms with Crippen molar-refractivity contribution in [3.63, 3.8) is 0 Å². The Morgan fingerprint density at radius 2 is 2.00 bits per heavy atom. The highest BCUT2D eigenvalue weighted by Gasteiger charge is 2.45. The van der Waals surface area contributed by atoms with Gasteiger partial charge in [-0.25, -0.2) is 4.79 Å². The quantitative estimate of drug-likeness (QED) is 0.772. The molecule has 1 aliphatic heterocycles. The molecule has 140 valence electrons. The van der Waals surface area contributed by atoms with Gasteiger partial charge in [0.05, 0.1) is 18.6 Å². The van der Waals surface area contributed by atoms with Gasteiger partial charge >= 0.3 is 5.97 Å². The highest BCUT2D eigenvalue weighted by atomic mass is 32.1. The second kappa shape index (κ2) is 7.09. The lowest BCUT2D eigenvalue weighted by Crippen LogP contribution is -2.41. The molecule has 0 radical (unpaired) electrons. The van der Waals surface area contributed by atoms with Gasteiger partial charge < -0.3 is 10.1 Å². The Hall–Kier alpha value is -2.18. The molecule has 3 unspecified atom stereocenters. The van der Waals surface area contributed by atoms with Crippen LogP contribution in [0.25, 0.3) is 0 Å². The van der Waals surface area contributed by atoms with Crippen molar-refractivity contribution in [1.82, 2.24) is 5.32 Å². The summed E-state index contributed by atoms with van der Waals surface area (Å²) in [6.07, 6.45) is 2.63. The summed E-state index contributed by atoms with van der Waals surface area (Å²) in [5.41, 5.74) is 2.23. The molecule has 0 saturated heterocycles. The maximum atomic E-state index is 13.2. The molecule has 0 amide bonds. The van der Waals surface area contributed by atoms with E-state index in [0.717, 1.165) is 21.1 Å². The van der Waals surface area contributed by atoms with Crippen LogP contribution in [-0.2, 0) is 14.3 Å². The van der Waals surface area contributed by atoms with Crippen molar-refractivity contribution in [2.45, 2.75) is 32.1 Å². The standard InChI is InChI=1S/C21H21NO3S2/c1-11-6-7-17(27-11)20-18(21(24)25-3)12(2)22-14-9-13(10-15(23)19(14)20)16-5-4-8-26-16/h4-9,13,19-20,22H,10H2,1-3H3. The highest BCUT2D eigenvalue weighted by molar-refractivity contribution is 7.12. The van der Waals surface area contributed by atoms with Crippen molar-refractivity contribution in [2.75, 3.05) is 7.11 Å². The normalized spacial score (nSPS) is 24.9. The monoisotopic (exact) mass is 399 g/mol. The molecule has 0 aromatic carbocycles. The number of Topliss-reactive ketones (excluding diaryl/α,β-unsaturated/α-hetero) is 1. The molecule has 4 nitrogen and oxygen atoms in total. The molecule has 0 saturated carbocycles. The predicted octanol–water partition coefficient (Wildman–Crippen LogP) is 4.51. The molecule has 3 atom stereocenters. The molecule has 2 aliphatic rings. The van der Waals surface area contributed by atoms with Crippen LogP contribution in [0, 0.1) is 12.8 Å². The Labute approximate surface area is 166 Å². The molecular formula is C21H21NO3S2. The summed E-state index contributed by atoms with van der Waals surface area (Å²) < 4.78 is 5.05. The smallest absolute Gasteiger partial charge is 0.336 e. The first kappa shape index (κ1) is 18.2. The zero-order valence-electron chi connectivity index (χ0n) is 15.4. The first-order valence-electron chi connectivity index (χ1n) is 8.90. The van der Waals surface area contributed by atoms with Crippen LogP contribution in [0.3, 0.4) is 0 Å². The number of esters is 1. The fourth-order valence-electron chi connectivity index (χ4n) is 4.07. The predicted molar refractivity (Wildman–Crippen MR) is 108 cm³/mol. The van der Waals surface area contributed by atoms with Gasteiger partial charge in [-0.15, -0.1) is 22.7 Å². The minimum atomic E-state index is -0.372. The van der Waals surface area contributed by atoms with Crippen LogP contribution in [0.1, 0.15) is 39.8 Å². The maximum Gasteiger partial charge on any atom is 0.336 e. The van der Waals surface area contributed by atoms with Gasteiger partial charge in [-0.1, -0.05) is 12.1 Å². The molecule has 4 rings (SSSR count). The van der Waals surface area contributed by atoms with E-state index in [4.69, 9.17) is 4.74 Å². The van der Waals surface area contributed by atoms with Crippen molar-refractivity contribution in [2.24, 2.45) is 5.92 Å². The zero-order chi connectivity index (χ0) is 19.1. The average Bonchev–Trinajstić information content (AvgIpc) is 3.31. The van der Waals surface area contributed by atoms with Crippen molar-refractivity contribution in [3.05, 3.63) is 67.3 Å². The molecular weight excluding hydrogens is 378 g/mol. The number of thiophene rings is 2. The van der Waals surface area contributed by atoms with Gasteiger partial charge in [0.15, 0.2) is 0 Å². The Kier molecular flexibility index (Phi) is 4.78. The number of hydrogen-bond donors (Lipinski definition) is 1. The summed E-state index contributed by atoms with van der Waals surface area (Å²) in [6.45, 7) is 3.92. The van der Waals surface area contributed by atoms with Gasteiger partial charge in [-0.2, -0.15) is 0 Å². The fraction of sp³-hybridized carbons (Fsp3) is 0.333. The summed E-state index contributed by atoms with van der Waals surface area (Å²) >= 11 is 3.31. The minimum Gasteiger partial charge on any atom is -0.466 e. The number of hydrogen-bond acceptors (Lipinski definition) is 6. The van der Waals surface area contributed by atoms with E-state index in [2.05, 4.69) is 17.5 Å². The highest BCUT2D eigenvalue weighted by Crippen LogP contribution is 2.47. The summed E-state index contributed by atoms with van der Waals surface area (Å²) in [4.78, 5) is 29.2. The Balaban J connectivity index is 1.84. The molecule has 1 aliphatic carbocycles. The van der Waals surface area contributed by atoms with E-state index >= 15 is 0 Å². The van der Waals surface area contributed by atoms with Gasteiger partial charge in [0.2, 0.25) is 0 Å². The van der Waals surface area contributed by atoms with Crippen molar-refractivity contribution >= 4 is 34.4 Å². The summed E-state index contributed by atoms with van der Waals surface area (Å²) in [5, 5.41) is 5.38. The van der Waals surface area contributed by atoms with Crippen LogP contribution in [0.2, 0.25) is 0 Å². The van der Waals surface area contributed by atoms with Crippen LogP contribution in [-0.4, -0.2) is 18.9 Å². The van der Waals surface area contributed by atoms with Crippen LogP contribution < -0.4 is 5.32 Å². The number of ether oxygens (including phenoxy) is 1. The van der Waals surface area contributed by atoms with Crippen LogP contribution >= 0.6 is 22.7 Å². The van der Waals surface area contributed by atoms with E-state index < -0.39 is 0 Å². The van der Waals surface area contributed by atoms with Crippen molar-refractivity contribution in [3.8, 4) is 0 Å². The molecule has 27 heavy (non-hydrogen) atoms. The van der Waals surface area contributed by atoms with E-state index in [9.17, 15) is 9.59 Å². The molecule has 2 aromatic rings. The number of nitrogens with one attached hydrogen (secondary N) is 1. The van der Waals surface area contributed by atoms with E-state index in [0.29, 0.717) is 12.0 Å². The summed E-state index contributed by atoms with van der Waals surface area (Å²) in [5.74, 6) is -0.765. The van der Waals surface area contributed by atoms with Crippen LogP contribution in [0.5, 0.6) is 0 Å². The number of carbonyl (C=O) groups is 2. The second-order valence-corrected chi connectivity index (χ2v) is 9.27.